The molecule has 0 heterocycles. The molecule has 1 aromatic carbocycles. The Kier molecular flexibility index (Phi) is 3.15. The number of ether oxygens (including phenoxy) is 1. The number of rotatable bonds is 2. The van der Waals surface area contributed by atoms with Crippen LogP contribution in [0.5, 0.6) is 5.75 Å². The number of hydrogen-bond acceptors (Lipinski definition) is 2. The number of nitrogens with two attached hydrogens (primary N) is 1. The predicted octanol–water partition coefficient (Wildman–Crippen LogP) is 2.18. The zero-order valence-electron chi connectivity index (χ0n) is 6.68. The summed E-state index contributed by atoms with van der Waals surface area (Å²) in [6.07, 6.45) is 5.00. The second-order valence-electron chi connectivity index (χ2n) is 2.30. The van der Waals surface area contributed by atoms with Gasteiger partial charge in [-0.25, -0.2) is 4.39 Å². The second kappa shape index (κ2) is 4.15. The first-order valence-corrected chi connectivity index (χ1v) is 4.25. The summed E-state index contributed by atoms with van der Waals surface area (Å²) in [6, 6.07) is 2.62. The molecule has 0 aliphatic heterocycles. The molecule has 1 aromatic rings. The molecule has 2 N–H and O–H groups in total. The van der Waals surface area contributed by atoms with E-state index in [-0.39, 0.29) is 12.3 Å². The van der Waals surface area contributed by atoms with Crippen molar-refractivity contribution in [1.82, 2.24) is 0 Å². The van der Waals surface area contributed by atoms with Crippen molar-refractivity contribution in [2.45, 2.75) is 0 Å². The maximum atomic E-state index is 12.8. The Labute approximate surface area is 84.0 Å². The number of benzene rings is 1. The third-order valence-corrected chi connectivity index (χ3v) is 1.98. The standard InChI is InChI=1S/C9H7BrFNO/c1-2-3-13-9-5-8(12)7(11)4-6(9)10/h1,4-5H,3,12H2. The Bertz CT molecular complexity index is 359. The van der Waals surface area contributed by atoms with Crippen LogP contribution in [0.3, 0.4) is 0 Å². The molecule has 0 aromatic heterocycles. The van der Waals surface area contributed by atoms with Gasteiger partial charge in [0.25, 0.3) is 0 Å². The summed E-state index contributed by atoms with van der Waals surface area (Å²) < 4.78 is 18.4. The van der Waals surface area contributed by atoms with Gasteiger partial charge in [-0.3, -0.25) is 0 Å². The average Bonchev–Trinajstić information content (AvgIpc) is 2.09. The van der Waals surface area contributed by atoms with Crippen molar-refractivity contribution in [3.8, 4) is 18.1 Å². The Morgan fingerprint density at radius 3 is 2.92 bits per heavy atom. The fourth-order valence-corrected chi connectivity index (χ4v) is 1.20. The van der Waals surface area contributed by atoms with Gasteiger partial charge in [0.1, 0.15) is 18.2 Å². The summed E-state index contributed by atoms with van der Waals surface area (Å²) in [6.45, 7) is 0.129. The van der Waals surface area contributed by atoms with Crippen LogP contribution in [0.25, 0.3) is 0 Å². The lowest BCUT2D eigenvalue weighted by molar-refractivity contribution is 0.367. The van der Waals surface area contributed by atoms with Crippen LogP contribution in [0.1, 0.15) is 0 Å². The highest BCUT2D eigenvalue weighted by molar-refractivity contribution is 9.10. The smallest absolute Gasteiger partial charge is 0.148 e. The van der Waals surface area contributed by atoms with E-state index in [1.54, 1.807) is 0 Å². The Balaban J connectivity index is 2.96. The lowest BCUT2D eigenvalue weighted by atomic mass is 10.3. The maximum Gasteiger partial charge on any atom is 0.148 e. The molecule has 0 unspecified atom stereocenters. The molecule has 0 aliphatic rings. The zero-order chi connectivity index (χ0) is 9.84. The molecule has 0 amide bonds. The largest absolute Gasteiger partial charge is 0.480 e. The molecule has 0 saturated heterocycles. The van der Waals surface area contributed by atoms with E-state index in [9.17, 15) is 4.39 Å². The first-order valence-electron chi connectivity index (χ1n) is 3.46. The molecule has 4 heteroatoms. The number of hydrogen-bond donors (Lipinski definition) is 1. The Hall–Kier alpha value is -1.21. The number of terminal acetylenes is 1. The van der Waals surface area contributed by atoms with Crippen LogP contribution in [-0.2, 0) is 0 Å². The molecule has 0 bridgehead atoms. The van der Waals surface area contributed by atoms with Crippen molar-refractivity contribution in [3.63, 3.8) is 0 Å². The van der Waals surface area contributed by atoms with Crippen LogP contribution < -0.4 is 10.5 Å². The minimum atomic E-state index is -0.486. The van der Waals surface area contributed by atoms with E-state index in [1.807, 2.05) is 0 Å². The van der Waals surface area contributed by atoms with E-state index in [4.69, 9.17) is 16.9 Å². The van der Waals surface area contributed by atoms with Gasteiger partial charge in [-0.05, 0) is 22.0 Å². The minimum Gasteiger partial charge on any atom is -0.480 e. The number of halogens is 2. The fraction of sp³-hybridized carbons (Fsp3) is 0.111. The van der Waals surface area contributed by atoms with Gasteiger partial charge in [0.05, 0.1) is 10.2 Å². The summed E-state index contributed by atoms with van der Waals surface area (Å²) >= 11 is 3.12. The molecule has 0 fully saturated rings. The third kappa shape index (κ3) is 2.36. The molecule has 13 heavy (non-hydrogen) atoms. The van der Waals surface area contributed by atoms with Crippen molar-refractivity contribution >= 4 is 21.6 Å². The van der Waals surface area contributed by atoms with Crippen LogP contribution in [0.4, 0.5) is 10.1 Å². The molecule has 1 rings (SSSR count). The summed E-state index contributed by atoms with van der Waals surface area (Å²) in [5, 5.41) is 0. The van der Waals surface area contributed by atoms with Crippen molar-refractivity contribution in [1.29, 1.82) is 0 Å². The molecule has 0 spiro atoms. The first-order chi connectivity index (χ1) is 6.15. The lowest BCUT2D eigenvalue weighted by Crippen LogP contribution is -1.97. The van der Waals surface area contributed by atoms with Crippen LogP contribution in [0, 0.1) is 18.2 Å². The summed E-state index contributed by atoms with van der Waals surface area (Å²) in [7, 11) is 0. The Morgan fingerprint density at radius 1 is 1.62 bits per heavy atom. The van der Waals surface area contributed by atoms with Crippen LogP contribution in [0.15, 0.2) is 16.6 Å². The third-order valence-electron chi connectivity index (χ3n) is 1.36. The highest BCUT2D eigenvalue weighted by atomic mass is 79.9. The summed E-state index contributed by atoms with van der Waals surface area (Å²) in [5.41, 5.74) is 5.37. The molecule has 0 aliphatic carbocycles. The van der Waals surface area contributed by atoms with Gasteiger partial charge in [0.2, 0.25) is 0 Å². The molecule has 68 valence electrons. The van der Waals surface area contributed by atoms with Crippen LogP contribution in [0.2, 0.25) is 0 Å². The highest BCUT2D eigenvalue weighted by Crippen LogP contribution is 2.29. The van der Waals surface area contributed by atoms with E-state index < -0.39 is 5.82 Å². The van der Waals surface area contributed by atoms with Crippen LogP contribution >= 0.6 is 15.9 Å². The SMILES string of the molecule is C#CCOc1cc(N)c(F)cc1Br. The maximum absolute atomic E-state index is 12.8. The predicted molar refractivity (Wildman–Crippen MR) is 52.8 cm³/mol. The van der Waals surface area contributed by atoms with E-state index in [0.717, 1.165) is 0 Å². The van der Waals surface area contributed by atoms with Crippen LogP contribution in [-0.4, -0.2) is 6.61 Å². The van der Waals surface area contributed by atoms with Crippen molar-refractivity contribution in [2.24, 2.45) is 0 Å². The van der Waals surface area contributed by atoms with E-state index in [0.29, 0.717) is 10.2 Å². The van der Waals surface area contributed by atoms with Gasteiger partial charge in [-0.2, -0.15) is 0 Å². The summed E-state index contributed by atoms with van der Waals surface area (Å²) in [4.78, 5) is 0. The number of anilines is 1. The molecule has 2 nitrogen and oxygen atoms in total. The fourth-order valence-electron chi connectivity index (χ4n) is 0.775. The van der Waals surface area contributed by atoms with E-state index in [2.05, 4.69) is 21.9 Å². The highest BCUT2D eigenvalue weighted by Gasteiger charge is 2.05. The second-order valence-corrected chi connectivity index (χ2v) is 3.15. The van der Waals surface area contributed by atoms with E-state index >= 15 is 0 Å². The first kappa shape index (κ1) is 9.87. The average molecular weight is 244 g/mol. The topological polar surface area (TPSA) is 35.2 Å². The summed E-state index contributed by atoms with van der Waals surface area (Å²) in [5.74, 6) is 2.26. The normalized spacial score (nSPS) is 9.31. The Morgan fingerprint density at radius 2 is 2.31 bits per heavy atom. The minimum absolute atomic E-state index is 0.0372. The lowest BCUT2D eigenvalue weighted by Gasteiger charge is -2.06. The molecular formula is C9H7BrFNO. The van der Waals surface area contributed by atoms with Gasteiger partial charge in [-0.15, -0.1) is 6.42 Å². The van der Waals surface area contributed by atoms with Gasteiger partial charge < -0.3 is 10.5 Å². The monoisotopic (exact) mass is 243 g/mol. The van der Waals surface area contributed by atoms with Gasteiger partial charge >= 0.3 is 0 Å². The zero-order valence-corrected chi connectivity index (χ0v) is 8.27. The quantitative estimate of drug-likeness (QED) is 0.639. The molecule has 0 radical (unpaired) electrons. The van der Waals surface area contributed by atoms with Crippen molar-refractivity contribution in [2.75, 3.05) is 12.3 Å². The van der Waals surface area contributed by atoms with Gasteiger partial charge in [0, 0.05) is 6.07 Å². The number of nitrogen functional groups attached to an aromatic ring is 1. The molecule has 0 saturated carbocycles. The molecule has 0 atom stereocenters. The van der Waals surface area contributed by atoms with Gasteiger partial charge in [0.15, 0.2) is 0 Å². The molecular weight excluding hydrogens is 237 g/mol. The van der Waals surface area contributed by atoms with E-state index in [1.165, 1.54) is 12.1 Å². The van der Waals surface area contributed by atoms with Crippen molar-refractivity contribution in [3.05, 3.63) is 22.4 Å². The van der Waals surface area contributed by atoms with Gasteiger partial charge in [-0.1, -0.05) is 5.92 Å². The van der Waals surface area contributed by atoms with Crippen molar-refractivity contribution < 1.29 is 9.13 Å².